The van der Waals surface area contributed by atoms with Gasteiger partial charge in [0.2, 0.25) is 21.7 Å². The van der Waals surface area contributed by atoms with Crippen LogP contribution in [0.15, 0.2) is 23.1 Å². The van der Waals surface area contributed by atoms with E-state index >= 15 is 0 Å². The van der Waals surface area contributed by atoms with Crippen molar-refractivity contribution in [3.05, 3.63) is 58.2 Å². The first-order chi connectivity index (χ1) is 12.0. The van der Waals surface area contributed by atoms with Crippen molar-refractivity contribution in [2.75, 3.05) is 14.2 Å². The first-order valence-corrected chi connectivity index (χ1v) is 8.88. The number of rotatable bonds is 5. The van der Waals surface area contributed by atoms with E-state index in [4.69, 9.17) is 0 Å². The molecule has 0 bridgehead atoms. The first kappa shape index (κ1) is 20.2. The van der Waals surface area contributed by atoms with Crippen molar-refractivity contribution in [3.8, 4) is 5.75 Å². The molecule has 0 amide bonds. The molecule has 0 atom stereocenters. The number of ether oxygens (including phenoxy) is 1. The van der Waals surface area contributed by atoms with Gasteiger partial charge in [-0.2, -0.15) is 13.1 Å². The van der Waals surface area contributed by atoms with Crippen molar-refractivity contribution >= 4 is 10.0 Å². The summed E-state index contributed by atoms with van der Waals surface area (Å²) in [4.78, 5) is -1.69. The van der Waals surface area contributed by atoms with Crippen molar-refractivity contribution in [1.29, 1.82) is 0 Å². The molecule has 0 unspecified atom stereocenters. The van der Waals surface area contributed by atoms with Gasteiger partial charge in [-0.1, -0.05) is 23.8 Å². The minimum absolute atomic E-state index is 0.234. The third-order valence-corrected chi connectivity index (χ3v) is 5.77. The van der Waals surface area contributed by atoms with Crippen LogP contribution in [0.5, 0.6) is 5.75 Å². The van der Waals surface area contributed by atoms with Crippen LogP contribution in [0.1, 0.15) is 16.7 Å². The second-order valence-electron chi connectivity index (χ2n) is 5.81. The van der Waals surface area contributed by atoms with E-state index in [1.807, 2.05) is 13.0 Å². The lowest BCUT2D eigenvalue weighted by molar-refractivity contribution is 0.320. The van der Waals surface area contributed by atoms with Crippen molar-refractivity contribution in [3.63, 3.8) is 0 Å². The standard InChI is InChI=1S/C17H17F4NO3S/c1-9-5-6-11(10(2)7-9)8-22(3)26(23,24)17-14(20)12(18)16(25-4)13(19)15(17)21/h5-7H,8H2,1-4H3. The fraction of sp³-hybridized carbons (Fsp3) is 0.294. The molecule has 4 nitrogen and oxygen atoms in total. The van der Waals surface area contributed by atoms with Crippen LogP contribution < -0.4 is 4.74 Å². The molecule has 0 fully saturated rings. The van der Waals surface area contributed by atoms with Crippen molar-refractivity contribution < 1.29 is 30.7 Å². The third kappa shape index (κ3) is 3.41. The summed E-state index contributed by atoms with van der Waals surface area (Å²) >= 11 is 0. The summed E-state index contributed by atoms with van der Waals surface area (Å²) in [7, 11) is -2.98. The quantitative estimate of drug-likeness (QED) is 0.577. The fourth-order valence-corrected chi connectivity index (χ4v) is 3.75. The summed E-state index contributed by atoms with van der Waals surface area (Å²) in [6.07, 6.45) is 0. The predicted molar refractivity (Wildman–Crippen MR) is 87.4 cm³/mol. The molecule has 2 aromatic carbocycles. The van der Waals surface area contributed by atoms with Gasteiger partial charge in [0, 0.05) is 13.6 Å². The lowest BCUT2D eigenvalue weighted by Gasteiger charge is -2.20. The molecule has 0 aliphatic carbocycles. The van der Waals surface area contributed by atoms with E-state index in [1.54, 1.807) is 19.1 Å². The van der Waals surface area contributed by atoms with E-state index in [9.17, 15) is 26.0 Å². The zero-order chi connectivity index (χ0) is 19.8. The Labute approximate surface area is 149 Å². The number of sulfonamides is 1. The van der Waals surface area contributed by atoms with Crippen LogP contribution in [0.3, 0.4) is 0 Å². The van der Waals surface area contributed by atoms with Crippen molar-refractivity contribution in [2.45, 2.75) is 25.3 Å². The molecule has 0 heterocycles. The summed E-state index contributed by atoms with van der Waals surface area (Å²) in [6, 6.07) is 5.22. The lowest BCUT2D eigenvalue weighted by Crippen LogP contribution is -2.29. The van der Waals surface area contributed by atoms with Crippen LogP contribution in [-0.4, -0.2) is 26.9 Å². The molecule has 0 aromatic heterocycles. The molecule has 26 heavy (non-hydrogen) atoms. The maximum Gasteiger partial charge on any atom is 0.249 e. The van der Waals surface area contributed by atoms with Gasteiger partial charge in [-0.3, -0.25) is 0 Å². The predicted octanol–water partition coefficient (Wildman–Crippen LogP) is 3.69. The fourth-order valence-electron chi connectivity index (χ4n) is 2.50. The number of aryl methyl sites for hydroxylation is 2. The van der Waals surface area contributed by atoms with Crippen LogP contribution in [0.25, 0.3) is 0 Å². The Kier molecular flexibility index (Phi) is 5.62. The molecule has 0 saturated heterocycles. The molecule has 0 saturated carbocycles. The topological polar surface area (TPSA) is 46.6 Å². The Morgan fingerprint density at radius 2 is 1.54 bits per heavy atom. The van der Waals surface area contributed by atoms with Gasteiger partial charge < -0.3 is 4.74 Å². The van der Waals surface area contributed by atoms with Gasteiger partial charge in [0.05, 0.1) is 7.11 Å². The molecule has 0 spiro atoms. The molecule has 0 radical (unpaired) electrons. The average Bonchev–Trinajstić information content (AvgIpc) is 2.56. The van der Waals surface area contributed by atoms with Crippen LogP contribution >= 0.6 is 0 Å². The zero-order valence-electron chi connectivity index (χ0n) is 14.5. The van der Waals surface area contributed by atoms with Crippen molar-refractivity contribution in [2.24, 2.45) is 0 Å². The van der Waals surface area contributed by atoms with Gasteiger partial charge in [-0.15, -0.1) is 0 Å². The van der Waals surface area contributed by atoms with E-state index in [0.717, 1.165) is 25.3 Å². The first-order valence-electron chi connectivity index (χ1n) is 7.44. The minimum atomic E-state index is -4.85. The van der Waals surface area contributed by atoms with Gasteiger partial charge in [0.15, 0.2) is 22.3 Å². The van der Waals surface area contributed by atoms with E-state index in [2.05, 4.69) is 4.74 Å². The summed E-state index contributed by atoms with van der Waals surface area (Å²) in [5.74, 6) is -9.22. The maximum atomic E-state index is 14.1. The van der Waals surface area contributed by atoms with E-state index < -0.39 is 43.9 Å². The summed E-state index contributed by atoms with van der Waals surface area (Å²) < 4.78 is 85.9. The highest BCUT2D eigenvalue weighted by Crippen LogP contribution is 2.33. The molecule has 0 aliphatic rings. The normalized spacial score (nSPS) is 11.9. The van der Waals surface area contributed by atoms with Crippen LogP contribution in [0.2, 0.25) is 0 Å². The zero-order valence-corrected chi connectivity index (χ0v) is 15.3. The molecule has 0 aliphatic heterocycles. The Morgan fingerprint density at radius 3 is 2.00 bits per heavy atom. The number of benzene rings is 2. The monoisotopic (exact) mass is 391 g/mol. The minimum Gasteiger partial charge on any atom is -0.491 e. The van der Waals surface area contributed by atoms with Crippen LogP contribution in [-0.2, 0) is 16.6 Å². The maximum absolute atomic E-state index is 14.1. The molecule has 2 rings (SSSR count). The smallest absolute Gasteiger partial charge is 0.249 e. The van der Waals surface area contributed by atoms with Gasteiger partial charge in [-0.25, -0.2) is 17.2 Å². The van der Waals surface area contributed by atoms with Gasteiger partial charge >= 0.3 is 0 Å². The molecule has 9 heteroatoms. The molecule has 0 N–H and O–H groups in total. The van der Waals surface area contributed by atoms with E-state index in [-0.39, 0.29) is 6.54 Å². The molecule has 142 valence electrons. The van der Waals surface area contributed by atoms with Crippen LogP contribution in [0.4, 0.5) is 17.6 Å². The molecular weight excluding hydrogens is 374 g/mol. The highest BCUT2D eigenvalue weighted by Gasteiger charge is 2.36. The second kappa shape index (κ2) is 7.24. The largest absolute Gasteiger partial charge is 0.491 e. The van der Waals surface area contributed by atoms with Gasteiger partial charge in [0.25, 0.3) is 0 Å². The number of hydrogen-bond acceptors (Lipinski definition) is 3. The number of halogens is 4. The SMILES string of the molecule is COc1c(F)c(F)c(S(=O)(=O)N(C)Cc2ccc(C)cc2C)c(F)c1F. The number of hydrogen-bond donors (Lipinski definition) is 0. The Balaban J connectivity index is 2.53. The van der Waals surface area contributed by atoms with E-state index in [1.165, 1.54) is 0 Å². The Morgan fingerprint density at radius 1 is 1.00 bits per heavy atom. The summed E-state index contributed by atoms with van der Waals surface area (Å²) in [5.41, 5.74) is 2.30. The highest BCUT2D eigenvalue weighted by molar-refractivity contribution is 7.89. The summed E-state index contributed by atoms with van der Waals surface area (Å²) in [6.45, 7) is 3.37. The Bertz CT molecular complexity index is 932. The third-order valence-electron chi connectivity index (χ3n) is 3.95. The van der Waals surface area contributed by atoms with Crippen molar-refractivity contribution in [1.82, 2.24) is 4.31 Å². The number of nitrogens with zero attached hydrogens (tertiary/aromatic N) is 1. The van der Waals surface area contributed by atoms with Gasteiger partial charge in [-0.05, 0) is 25.0 Å². The second-order valence-corrected chi connectivity index (χ2v) is 7.79. The Hall–Kier alpha value is -2.13. The highest BCUT2D eigenvalue weighted by atomic mass is 32.2. The average molecular weight is 391 g/mol. The molecular formula is C17H17F4NO3S. The lowest BCUT2D eigenvalue weighted by atomic mass is 10.1. The summed E-state index contributed by atoms with van der Waals surface area (Å²) in [5, 5.41) is 0. The van der Waals surface area contributed by atoms with Gasteiger partial charge in [0.1, 0.15) is 0 Å². The van der Waals surface area contributed by atoms with E-state index in [0.29, 0.717) is 9.87 Å². The molecule has 2 aromatic rings. The van der Waals surface area contributed by atoms with Crippen LogP contribution in [0, 0.1) is 37.1 Å². The number of methoxy groups -OCH3 is 1.